The van der Waals surface area contributed by atoms with Crippen molar-refractivity contribution in [1.82, 2.24) is 30.2 Å². The fraction of sp³-hybridized carbons (Fsp3) is 0.379. The second kappa shape index (κ2) is 12.7. The summed E-state index contributed by atoms with van der Waals surface area (Å²) >= 11 is 0. The number of imidazole rings is 1. The van der Waals surface area contributed by atoms with Crippen molar-refractivity contribution in [3.05, 3.63) is 71.3 Å². The van der Waals surface area contributed by atoms with E-state index in [-0.39, 0.29) is 17.5 Å². The molecule has 0 bridgehead atoms. The average Bonchev–Trinajstić information content (AvgIpc) is 3.58. The lowest BCUT2D eigenvalue weighted by Crippen LogP contribution is -2.24. The number of aromatic nitrogens is 6. The summed E-state index contributed by atoms with van der Waals surface area (Å²) in [5.74, 6) is 0.347. The Balaban J connectivity index is 1.63. The van der Waals surface area contributed by atoms with Crippen LogP contribution in [0.1, 0.15) is 68.6 Å². The molecule has 0 spiro atoms. The molecule has 0 aliphatic heterocycles. The van der Waals surface area contributed by atoms with Crippen LogP contribution in [0.3, 0.4) is 0 Å². The van der Waals surface area contributed by atoms with Gasteiger partial charge in [-0.05, 0) is 56.0 Å². The zero-order valence-corrected chi connectivity index (χ0v) is 23.7. The van der Waals surface area contributed by atoms with Crippen LogP contribution in [-0.4, -0.2) is 60.3 Å². The molecule has 0 saturated carbocycles. The van der Waals surface area contributed by atoms with Crippen LogP contribution in [0.2, 0.25) is 0 Å². The van der Waals surface area contributed by atoms with Gasteiger partial charge in [0.15, 0.2) is 5.69 Å². The number of aryl methyl sites for hydroxylation is 1. The van der Waals surface area contributed by atoms with E-state index in [4.69, 9.17) is 14.2 Å². The smallest absolute Gasteiger partial charge is 0.431 e. The van der Waals surface area contributed by atoms with Gasteiger partial charge in [-0.1, -0.05) is 55.5 Å². The van der Waals surface area contributed by atoms with Crippen LogP contribution in [0.15, 0.2) is 48.5 Å². The second-order valence-electron chi connectivity index (χ2n) is 10.2. The predicted molar refractivity (Wildman–Crippen MR) is 149 cm³/mol. The number of carbonyl (C=O) groups excluding carboxylic acids is 2. The third-order valence-corrected chi connectivity index (χ3v) is 6.11. The first-order chi connectivity index (χ1) is 19.6. The summed E-state index contributed by atoms with van der Waals surface area (Å²) in [7, 11) is 0. The van der Waals surface area contributed by atoms with Crippen molar-refractivity contribution in [3.8, 4) is 22.5 Å². The van der Waals surface area contributed by atoms with E-state index < -0.39 is 24.5 Å². The molecular weight excluding hydrogens is 528 g/mol. The Kier molecular flexibility index (Phi) is 9.13. The molecule has 2 aromatic heterocycles. The van der Waals surface area contributed by atoms with Gasteiger partial charge >= 0.3 is 12.1 Å². The molecular formula is C29H34N6O6. The molecule has 2 aromatic carbocycles. The molecule has 0 aliphatic carbocycles. The molecule has 4 aromatic rings. The number of esters is 1. The number of hydrogen-bond donors (Lipinski definition) is 2. The van der Waals surface area contributed by atoms with Gasteiger partial charge in [-0.25, -0.2) is 14.6 Å². The maximum absolute atomic E-state index is 13.3. The number of hydrogen-bond acceptors (Lipinski definition) is 10. The number of nitrogens with one attached hydrogen (secondary N) is 1. The molecule has 0 saturated heterocycles. The summed E-state index contributed by atoms with van der Waals surface area (Å²) in [4.78, 5) is 29.6. The highest BCUT2D eigenvalue weighted by atomic mass is 16.8. The first kappa shape index (κ1) is 29.4. The summed E-state index contributed by atoms with van der Waals surface area (Å²) < 4.78 is 16.8. The number of aromatic amines is 1. The van der Waals surface area contributed by atoms with Gasteiger partial charge in [0, 0.05) is 18.5 Å². The minimum absolute atomic E-state index is 0.0910. The molecule has 0 radical (unpaired) electrons. The van der Waals surface area contributed by atoms with Crippen LogP contribution in [0.5, 0.6) is 0 Å². The SMILES string of the molecule is CCCc1nc(C(C)(C)O)c(C(=O)OCOC(=O)OC(C)C)n1Cc1ccc(-c2ccccc2-c2nn[nH]n2)cc1. The van der Waals surface area contributed by atoms with E-state index in [0.29, 0.717) is 24.6 Å². The van der Waals surface area contributed by atoms with E-state index in [2.05, 4.69) is 25.6 Å². The van der Waals surface area contributed by atoms with Crippen molar-refractivity contribution in [1.29, 1.82) is 0 Å². The number of tetrazole rings is 1. The van der Waals surface area contributed by atoms with Crippen LogP contribution in [0, 0.1) is 0 Å². The highest BCUT2D eigenvalue weighted by Crippen LogP contribution is 2.31. The summed E-state index contributed by atoms with van der Waals surface area (Å²) in [6, 6.07) is 15.7. The lowest BCUT2D eigenvalue weighted by atomic mass is 9.98. The fourth-order valence-electron chi connectivity index (χ4n) is 4.32. The third-order valence-electron chi connectivity index (χ3n) is 6.11. The highest BCUT2D eigenvalue weighted by molar-refractivity contribution is 5.89. The van der Waals surface area contributed by atoms with Gasteiger partial charge in [0.25, 0.3) is 0 Å². The highest BCUT2D eigenvalue weighted by Gasteiger charge is 2.32. The van der Waals surface area contributed by atoms with Crippen LogP contribution >= 0.6 is 0 Å². The lowest BCUT2D eigenvalue weighted by Gasteiger charge is -2.18. The molecule has 2 N–H and O–H groups in total. The molecule has 0 atom stereocenters. The molecule has 0 aliphatic rings. The largest absolute Gasteiger partial charge is 0.511 e. The van der Waals surface area contributed by atoms with E-state index >= 15 is 0 Å². The molecule has 216 valence electrons. The molecule has 0 amide bonds. The first-order valence-corrected chi connectivity index (χ1v) is 13.3. The van der Waals surface area contributed by atoms with E-state index in [1.165, 1.54) is 0 Å². The molecule has 0 unspecified atom stereocenters. The number of H-pyrrole nitrogens is 1. The Morgan fingerprint density at radius 3 is 2.37 bits per heavy atom. The Morgan fingerprint density at radius 2 is 1.76 bits per heavy atom. The normalized spacial score (nSPS) is 11.5. The maximum atomic E-state index is 13.3. The Morgan fingerprint density at radius 1 is 1.05 bits per heavy atom. The maximum Gasteiger partial charge on any atom is 0.511 e. The molecule has 4 rings (SSSR count). The van der Waals surface area contributed by atoms with Crippen molar-refractivity contribution in [2.75, 3.05) is 6.79 Å². The van der Waals surface area contributed by atoms with E-state index in [9.17, 15) is 14.7 Å². The fourth-order valence-corrected chi connectivity index (χ4v) is 4.32. The van der Waals surface area contributed by atoms with Gasteiger partial charge in [0.1, 0.15) is 17.1 Å². The monoisotopic (exact) mass is 562 g/mol. The zero-order chi connectivity index (χ0) is 29.6. The summed E-state index contributed by atoms with van der Waals surface area (Å²) in [6.45, 7) is 8.12. The predicted octanol–water partition coefficient (Wildman–Crippen LogP) is 4.63. The van der Waals surface area contributed by atoms with Crippen molar-refractivity contribution >= 4 is 12.1 Å². The first-order valence-electron chi connectivity index (χ1n) is 13.3. The van der Waals surface area contributed by atoms with E-state index in [1.807, 2.05) is 55.5 Å². The summed E-state index contributed by atoms with van der Waals surface area (Å²) in [5, 5.41) is 25.2. The topological polar surface area (TPSA) is 154 Å². The number of nitrogens with zero attached hydrogens (tertiary/aromatic N) is 5. The average molecular weight is 563 g/mol. The van der Waals surface area contributed by atoms with Gasteiger partial charge in [-0.15, -0.1) is 10.2 Å². The molecule has 12 nitrogen and oxygen atoms in total. The summed E-state index contributed by atoms with van der Waals surface area (Å²) in [5.41, 5.74) is 2.48. The minimum atomic E-state index is -1.43. The molecule has 12 heteroatoms. The lowest BCUT2D eigenvalue weighted by molar-refractivity contribution is -0.0355. The Bertz CT molecular complexity index is 1470. The van der Waals surface area contributed by atoms with Crippen molar-refractivity contribution in [2.24, 2.45) is 0 Å². The quantitative estimate of drug-likeness (QED) is 0.195. The number of benzene rings is 2. The Labute approximate surface area is 237 Å². The number of rotatable bonds is 11. The van der Waals surface area contributed by atoms with Crippen LogP contribution in [0.25, 0.3) is 22.5 Å². The summed E-state index contributed by atoms with van der Waals surface area (Å²) in [6.07, 6.45) is 0.0183. The molecule has 2 heterocycles. The standard InChI is InChI=1S/C29H34N6O6/c1-6-9-23-30-25(29(4,5)38)24(27(36)39-17-40-28(37)41-18(2)3)35(23)16-19-12-14-20(15-13-19)21-10-7-8-11-22(21)26-31-33-34-32-26/h7-8,10-15,18,38H,6,9,16-17H2,1-5H3,(H,31,32,33,34). The number of ether oxygens (including phenoxy) is 3. The number of carbonyl (C=O) groups is 2. The van der Waals surface area contributed by atoms with Crippen LogP contribution < -0.4 is 0 Å². The molecule has 41 heavy (non-hydrogen) atoms. The van der Waals surface area contributed by atoms with Gasteiger partial charge < -0.3 is 23.9 Å². The Hall–Kier alpha value is -4.58. The molecule has 0 fully saturated rings. The van der Waals surface area contributed by atoms with Crippen LogP contribution in [-0.2, 0) is 32.8 Å². The van der Waals surface area contributed by atoms with Gasteiger partial charge in [0.2, 0.25) is 12.6 Å². The number of aliphatic hydroxyl groups is 1. The third kappa shape index (κ3) is 7.14. The van der Waals surface area contributed by atoms with E-state index in [0.717, 1.165) is 28.7 Å². The minimum Gasteiger partial charge on any atom is -0.431 e. The zero-order valence-electron chi connectivity index (χ0n) is 23.7. The van der Waals surface area contributed by atoms with E-state index in [1.54, 1.807) is 32.3 Å². The van der Waals surface area contributed by atoms with Gasteiger partial charge in [-0.2, -0.15) is 5.21 Å². The van der Waals surface area contributed by atoms with Gasteiger partial charge in [0.05, 0.1) is 6.10 Å². The van der Waals surface area contributed by atoms with Gasteiger partial charge in [-0.3, -0.25) is 0 Å². The second-order valence-corrected chi connectivity index (χ2v) is 10.2. The van der Waals surface area contributed by atoms with Crippen molar-refractivity contribution < 1.29 is 28.9 Å². The van der Waals surface area contributed by atoms with Crippen molar-refractivity contribution in [2.45, 2.75) is 65.7 Å². The van der Waals surface area contributed by atoms with Crippen molar-refractivity contribution in [3.63, 3.8) is 0 Å². The van der Waals surface area contributed by atoms with Crippen LogP contribution in [0.4, 0.5) is 4.79 Å².